The molecule has 26 heavy (non-hydrogen) atoms. The third-order valence-electron chi connectivity index (χ3n) is 3.58. The number of aromatic nitrogens is 2. The third kappa shape index (κ3) is 4.67. The standard InChI is InChI=1S/C17H19N3O6/c1-25-10-9-20-14(21)8-7-13(19-20)16(22)18-15(17(23)24)11-3-5-12(26-2)6-4-11/h3-8,15H,9-10H2,1-2H3,(H,18,22)(H,23,24). The minimum atomic E-state index is -1.27. The number of carbonyl (C=O) groups excluding carboxylic acids is 1. The van der Waals surface area contributed by atoms with E-state index >= 15 is 0 Å². The topological polar surface area (TPSA) is 120 Å². The summed E-state index contributed by atoms with van der Waals surface area (Å²) < 4.78 is 11.0. The van der Waals surface area contributed by atoms with E-state index in [-0.39, 0.29) is 24.4 Å². The number of rotatable bonds is 8. The molecule has 0 saturated heterocycles. The van der Waals surface area contributed by atoms with Crippen molar-refractivity contribution in [2.24, 2.45) is 0 Å². The van der Waals surface area contributed by atoms with E-state index in [4.69, 9.17) is 9.47 Å². The van der Waals surface area contributed by atoms with Gasteiger partial charge in [-0.2, -0.15) is 5.10 Å². The maximum absolute atomic E-state index is 12.4. The molecule has 1 aromatic carbocycles. The second-order valence-electron chi connectivity index (χ2n) is 5.29. The summed E-state index contributed by atoms with van der Waals surface area (Å²) in [7, 11) is 2.98. The Morgan fingerprint density at radius 3 is 2.46 bits per heavy atom. The van der Waals surface area contributed by atoms with Crippen LogP contribution in [-0.4, -0.2) is 47.6 Å². The van der Waals surface area contributed by atoms with E-state index in [1.54, 1.807) is 24.3 Å². The molecule has 0 bridgehead atoms. The molecule has 2 aromatic rings. The number of hydrogen-bond donors (Lipinski definition) is 2. The van der Waals surface area contributed by atoms with E-state index < -0.39 is 17.9 Å². The Morgan fingerprint density at radius 2 is 1.88 bits per heavy atom. The summed E-state index contributed by atoms with van der Waals surface area (Å²) in [6.45, 7) is 0.429. The van der Waals surface area contributed by atoms with Gasteiger partial charge in [0.2, 0.25) is 0 Å². The molecule has 9 nitrogen and oxygen atoms in total. The molecule has 2 N–H and O–H groups in total. The van der Waals surface area contributed by atoms with Crippen molar-refractivity contribution in [2.75, 3.05) is 20.8 Å². The second kappa shape index (κ2) is 8.77. The van der Waals surface area contributed by atoms with Crippen molar-refractivity contribution in [1.29, 1.82) is 0 Å². The average molecular weight is 361 g/mol. The maximum Gasteiger partial charge on any atom is 0.330 e. The number of amides is 1. The molecule has 1 heterocycles. The molecule has 0 fully saturated rings. The molecule has 1 aromatic heterocycles. The summed E-state index contributed by atoms with van der Waals surface area (Å²) in [5, 5.41) is 15.8. The van der Waals surface area contributed by atoms with Crippen LogP contribution in [0.3, 0.4) is 0 Å². The van der Waals surface area contributed by atoms with Crippen LogP contribution >= 0.6 is 0 Å². The fraction of sp³-hybridized carbons (Fsp3) is 0.294. The van der Waals surface area contributed by atoms with Gasteiger partial charge in [-0.3, -0.25) is 9.59 Å². The Bertz CT molecular complexity index is 831. The molecule has 138 valence electrons. The van der Waals surface area contributed by atoms with Gasteiger partial charge in [-0.25, -0.2) is 9.48 Å². The number of carboxylic acids is 1. The van der Waals surface area contributed by atoms with E-state index in [0.717, 1.165) is 4.68 Å². The number of nitrogens with zero attached hydrogens (tertiary/aromatic N) is 2. The number of aliphatic carboxylic acids is 1. The van der Waals surface area contributed by atoms with Crippen LogP contribution in [0.15, 0.2) is 41.2 Å². The normalized spacial score (nSPS) is 11.6. The van der Waals surface area contributed by atoms with Crippen molar-refractivity contribution in [1.82, 2.24) is 15.1 Å². The van der Waals surface area contributed by atoms with E-state index in [1.165, 1.54) is 26.4 Å². The first-order valence-corrected chi connectivity index (χ1v) is 7.71. The van der Waals surface area contributed by atoms with E-state index in [1.807, 2.05) is 0 Å². The number of carboxylic acid groups (broad SMARTS) is 1. The van der Waals surface area contributed by atoms with Gasteiger partial charge in [-0.1, -0.05) is 12.1 Å². The predicted molar refractivity (Wildman–Crippen MR) is 91.2 cm³/mol. The average Bonchev–Trinajstić information content (AvgIpc) is 2.65. The second-order valence-corrected chi connectivity index (χ2v) is 5.29. The molecule has 0 aliphatic carbocycles. The van der Waals surface area contributed by atoms with Gasteiger partial charge < -0.3 is 19.9 Å². The summed E-state index contributed by atoms with van der Waals surface area (Å²) in [4.78, 5) is 35.6. The molecule has 9 heteroatoms. The van der Waals surface area contributed by atoms with Crippen molar-refractivity contribution < 1.29 is 24.2 Å². The van der Waals surface area contributed by atoms with Gasteiger partial charge in [0.05, 0.1) is 20.3 Å². The zero-order valence-electron chi connectivity index (χ0n) is 14.3. The molecule has 0 radical (unpaired) electrons. The SMILES string of the molecule is COCCn1nc(C(=O)NC(C(=O)O)c2ccc(OC)cc2)ccc1=O. The summed E-state index contributed by atoms with van der Waals surface area (Å²) in [5.74, 6) is -1.37. The van der Waals surface area contributed by atoms with E-state index in [9.17, 15) is 19.5 Å². The Morgan fingerprint density at radius 1 is 1.19 bits per heavy atom. The first kappa shape index (κ1) is 19.1. The van der Waals surface area contributed by atoms with Crippen LogP contribution in [0.25, 0.3) is 0 Å². The molecule has 1 unspecified atom stereocenters. The van der Waals surface area contributed by atoms with Crippen molar-refractivity contribution in [3.8, 4) is 5.75 Å². The molecule has 1 amide bonds. The highest BCUT2D eigenvalue weighted by molar-refractivity contribution is 5.95. The minimum absolute atomic E-state index is 0.0690. The number of ether oxygens (including phenoxy) is 2. The number of benzene rings is 1. The summed E-state index contributed by atoms with van der Waals surface area (Å²) in [6, 6.07) is 7.46. The van der Waals surface area contributed by atoms with Crippen LogP contribution in [0.5, 0.6) is 5.75 Å². The van der Waals surface area contributed by atoms with Crippen molar-refractivity contribution in [3.05, 3.63) is 58.0 Å². The third-order valence-corrected chi connectivity index (χ3v) is 3.58. The molecule has 0 saturated carbocycles. The Balaban J connectivity index is 2.21. The minimum Gasteiger partial charge on any atom is -0.497 e. The Hall–Kier alpha value is -3.20. The molecular weight excluding hydrogens is 342 g/mol. The number of hydrogen-bond acceptors (Lipinski definition) is 6. The lowest BCUT2D eigenvalue weighted by atomic mass is 10.1. The first-order valence-electron chi connectivity index (χ1n) is 7.71. The monoisotopic (exact) mass is 361 g/mol. The highest BCUT2D eigenvalue weighted by Crippen LogP contribution is 2.18. The van der Waals surface area contributed by atoms with Crippen LogP contribution in [-0.2, 0) is 16.1 Å². The maximum atomic E-state index is 12.4. The molecule has 0 aliphatic heterocycles. The first-order chi connectivity index (χ1) is 12.5. The van der Waals surface area contributed by atoms with Gasteiger partial charge in [0.25, 0.3) is 11.5 Å². The van der Waals surface area contributed by atoms with Crippen molar-refractivity contribution >= 4 is 11.9 Å². The predicted octanol–water partition coefficient (Wildman–Crippen LogP) is 0.454. The highest BCUT2D eigenvalue weighted by Gasteiger charge is 2.23. The van der Waals surface area contributed by atoms with Gasteiger partial charge in [0.1, 0.15) is 11.4 Å². The molecule has 2 rings (SSSR count). The van der Waals surface area contributed by atoms with Gasteiger partial charge >= 0.3 is 5.97 Å². The Labute approximate surface area is 149 Å². The van der Waals surface area contributed by atoms with Crippen molar-refractivity contribution in [2.45, 2.75) is 12.6 Å². The summed E-state index contributed by atoms with van der Waals surface area (Å²) in [5.41, 5.74) is -0.0802. The largest absolute Gasteiger partial charge is 0.497 e. The van der Waals surface area contributed by atoms with E-state index in [0.29, 0.717) is 11.3 Å². The van der Waals surface area contributed by atoms with Gasteiger partial charge in [-0.05, 0) is 23.8 Å². The summed E-state index contributed by atoms with van der Waals surface area (Å²) in [6.07, 6.45) is 0. The zero-order chi connectivity index (χ0) is 19.1. The van der Waals surface area contributed by atoms with Gasteiger partial charge in [0, 0.05) is 13.2 Å². The number of nitrogens with one attached hydrogen (secondary N) is 1. The van der Waals surface area contributed by atoms with E-state index in [2.05, 4.69) is 10.4 Å². The molecule has 0 aliphatic rings. The zero-order valence-corrected chi connectivity index (χ0v) is 14.3. The van der Waals surface area contributed by atoms with Crippen LogP contribution in [0.4, 0.5) is 0 Å². The van der Waals surface area contributed by atoms with Gasteiger partial charge in [0.15, 0.2) is 6.04 Å². The lowest BCUT2D eigenvalue weighted by molar-refractivity contribution is -0.139. The fourth-order valence-electron chi connectivity index (χ4n) is 2.20. The van der Waals surface area contributed by atoms with Gasteiger partial charge in [-0.15, -0.1) is 0 Å². The van der Waals surface area contributed by atoms with Crippen LogP contribution < -0.4 is 15.6 Å². The lowest BCUT2D eigenvalue weighted by Crippen LogP contribution is -2.36. The van der Waals surface area contributed by atoms with Crippen LogP contribution in [0.2, 0.25) is 0 Å². The highest BCUT2D eigenvalue weighted by atomic mass is 16.5. The van der Waals surface area contributed by atoms with Crippen LogP contribution in [0.1, 0.15) is 22.1 Å². The fourth-order valence-corrected chi connectivity index (χ4v) is 2.20. The molecule has 1 atom stereocenters. The quantitative estimate of drug-likeness (QED) is 0.700. The van der Waals surface area contributed by atoms with Crippen LogP contribution in [0, 0.1) is 0 Å². The van der Waals surface area contributed by atoms with Crippen molar-refractivity contribution in [3.63, 3.8) is 0 Å². The smallest absolute Gasteiger partial charge is 0.330 e. The number of methoxy groups -OCH3 is 2. The lowest BCUT2D eigenvalue weighted by Gasteiger charge is -2.15. The summed E-state index contributed by atoms with van der Waals surface area (Å²) >= 11 is 0. The molecule has 0 spiro atoms. The molecular formula is C17H19N3O6. The number of carbonyl (C=O) groups is 2. The Kier molecular flexibility index (Phi) is 6.45.